The van der Waals surface area contributed by atoms with Crippen LogP contribution in [0, 0.1) is 5.92 Å². The van der Waals surface area contributed by atoms with Gasteiger partial charge in [0.2, 0.25) is 0 Å². The van der Waals surface area contributed by atoms with Crippen molar-refractivity contribution in [2.24, 2.45) is 5.92 Å². The molecule has 1 unspecified atom stereocenters. The van der Waals surface area contributed by atoms with Crippen molar-refractivity contribution in [1.82, 2.24) is 9.88 Å². The Bertz CT molecular complexity index is 606. The van der Waals surface area contributed by atoms with Gasteiger partial charge in [-0.1, -0.05) is 18.2 Å². The number of nitrogens with one attached hydrogen (secondary N) is 1. The Morgan fingerprint density at radius 3 is 2.90 bits per heavy atom. The highest BCUT2D eigenvalue weighted by Crippen LogP contribution is 2.31. The van der Waals surface area contributed by atoms with E-state index in [9.17, 15) is 0 Å². The number of benzene rings is 1. The van der Waals surface area contributed by atoms with Gasteiger partial charge in [0.15, 0.2) is 0 Å². The highest BCUT2D eigenvalue weighted by atomic mass is 15.2. The Morgan fingerprint density at radius 2 is 2.00 bits per heavy atom. The van der Waals surface area contributed by atoms with Gasteiger partial charge in [-0.3, -0.25) is 0 Å². The van der Waals surface area contributed by atoms with Crippen molar-refractivity contribution in [3.8, 4) is 0 Å². The zero-order valence-corrected chi connectivity index (χ0v) is 11.8. The monoisotopic (exact) mass is 267 g/mol. The molecule has 20 heavy (non-hydrogen) atoms. The molecular weight excluding hydrogens is 246 g/mol. The third kappa shape index (κ3) is 2.50. The van der Waals surface area contributed by atoms with Crippen LogP contribution in [0.25, 0.3) is 10.9 Å². The van der Waals surface area contributed by atoms with E-state index in [0.717, 1.165) is 29.8 Å². The van der Waals surface area contributed by atoms with Crippen LogP contribution in [0.2, 0.25) is 0 Å². The molecule has 0 spiro atoms. The largest absolute Gasteiger partial charge is 0.370 e. The van der Waals surface area contributed by atoms with Crippen LogP contribution in [0.1, 0.15) is 19.3 Å². The molecule has 0 bridgehead atoms. The lowest BCUT2D eigenvalue weighted by molar-refractivity contribution is 0.316. The summed E-state index contributed by atoms with van der Waals surface area (Å²) < 4.78 is 0. The summed E-state index contributed by atoms with van der Waals surface area (Å²) in [7, 11) is 0. The van der Waals surface area contributed by atoms with E-state index in [1.165, 1.54) is 37.7 Å². The Morgan fingerprint density at radius 1 is 1.10 bits per heavy atom. The smallest absolute Gasteiger partial charge is 0.126 e. The van der Waals surface area contributed by atoms with Gasteiger partial charge in [-0.25, -0.2) is 4.98 Å². The van der Waals surface area contributed by atoms with Crippen LogP contribution < -0.4 is 5.32 Å². The molecule has 1 saturated carbocycles. The van der Waals surface area contributed by atoms with Gasteiger partial charge in [0.05, 0.1) is 5.52 Å². The zero-order valence-electron chi connectivity index (χ0n) is 11.8. The summed E-state index contributed by atoms with van der Waals surface area (Å²) in [6, 6.07) is 13.4. The van der Waals surface area contributed by atoms with Crippen LogP contribution in [0.4, 0.5) is 5.82 Å². The fourth-order valence-electron chi connectivity index (χ4n) is 3.21. The normalized spacial score (nSPS) is 23.3. The lowest BCUT2D eigenvalue weighted by Crippen LogP contribution is -2.24. The Labute approximate surface area is 120 Å². The predicted octanol–water partition coefficient (Wildman–Crippen LogP) is 3.13. The summed E-state index contributed by atoms with van der Waals surface area (Å²) in [4.78, 5) is 7.34. The second-order valence-electron chi connectivity index (χ2n) is 6.15. The minimum atomic E-state index is 0.781. The first kappa shape index (κ1) is 12.2. The van der Waals surface area contributed by atoms with Crippen molar-refractivity contribution in [3.63, 3.8) is 0 Å². The molecule has 1 aromatic carbocycles. The molecule has 0 radical (unpaired) electrons. The van der Waals surface area contributed by atoms with Crippen molar-refractivity contribution < 1.29 is 0 Å². The summed E-state index contributed by atoms with van der Waals surface area (Å²) in [5.41, 5.74) is 1.07. The first-order valence-corrected chi connectivity index (χ1v) is 7.72. The van der Waals surface area contributed by atoms with Gasteiger partial charge in [-0.2, -0.15) is 0 Å². The molecule has 2 aliphatic rings. The third-order valence-electron chi connectivity index (χ3n) is 4.55. The maximum atomic E-state index is 4.68. The molecule has 3 nitrogen and oxygen atoms in total. The number of hydrogen-bond acceptors (Lipinski definition) is 3. The molecule has 1 atom stereocenters. The van der Waals surface area contributed by atoms with E-state index < -0.39 is 0 Å². The summed E-state index contributed by atoms with van der Waals surface area (Å²) >= 11 is 0. The molecule has 2 heterocycles. The Balaban J connectivity index is 1.38. The quantitative estimate of drug-likeness (QED) is 0.922. The molecule has 1 aliphatic heterocycles. The summed E-state index contributed by atoms with van der Waals surface area (Å²) in [5.74, 6) is 1.79. The minimum Gasteiger partial charge on any atom is -0.370 e. The third-order valence-corrected chi connectivity index (χ3v) is 4.55. The van der Waals surface area contributed by atoms with Crippen LogP contribution in [0.15, 0.2) is 36.4 Å². The number of fused-ring (bicyclic) bond motifs is 1. The van der Waals surface area contributed by atoms with Crippen molar-refractivity contribution >= 4 is 16.7 Å². The maximum absolute atomic E-state index is 4.68. The van der Waals surface area contributed by atoms with Crippen molar-refractivity contribution in [2.45, 2.75) is 25.3 Å². The van der Waals surface area contributed by atoms with Gasteiger partial charge in [-0.05, 0) is 49.9 Å². The molecule has 2 aromatic rings. The maximum Gasteiger partial charge on any atom is 0.126 e. The van der Waals surface area contributed by atoms with Crippen LogP contribution >= 0.6 is 0 Å². The summed E-state index contributed by atoms with van der Waals surface area (Å²) in [6.45, 7) is 3.61. The molecule has 1 aromatic heterocycles. The van der Waals surface area contributed by atoms with Gasteiger partial charge >= 0.3 is 0 Å². The van der Waals surface area contributed by atoms with Gasteiger partial charge in [0.1, 0.15) is 5.82 Å². The lowest BCUT2D eigenvalue weighted by atomic mass is 10.1. The van der Waals surface area contributed by atoms with Gasteiger partial charge in [0.25, 0.3) is 0 Å². The number of anilines is 1. The van der Waals surface area contributed by atoms with E-state index >= 15 is 0 Å². The standard InChI is InChI=1S/C17H21N3/c1-2-4-16-14(3-1)5-8-17(19-16)18-11-13-9-10-20(12-13)15-6-7-15/h1-5,8,13,15H,6-7,9-12H2,(H,18,19). The molecule has 1 N–H and O–H groups in total. The molecule has 104 valence electrons. The van der Waals surface area contributed by atoms with Gasteiger partial charge in [0, 0.05) is 24.5 Å². The average Bonchev–Trinajstić information content (AvgIpc) is 3.24. The lowest BCUT2D eigenvalue weighted by Gasteiger charge is -2.15. The first-order chi connectivity index (χ1) is 9.88. The number of likely N-dealkylation sites (tertiary alicyclic amines) is 1. The molecule has 1 saturated heterocycles. The topological polar surface area (TPSA) is 28.2 Å². The number of pyridine rings is 1. The van der Waals surface area contributed by atoms with E-state index in [0.29, 0.717) is 0 Å². The van der Waals surface area contributed by atoms with E-state index in [4.69, 9.17) is 0 Å². The number of para-hydroxylation sites is 1. The van der Waals surface area contributed by atoms with Crippen LogP contribution in [-0.2, 0) is 0 Å². The fourth-order valence-corrected chi connectivity index (χ4v) is 3.21. The summed E-state index contributed by atoms with van der Waals surface area (Å²) in [5, 5.41) is 4.73. The zero-order chi connectivity index (χ0) is 13.4. The number of hydrogen-bond donors (Lipinski definition) is 1. The second-order valence-corrected chi connectivity index (χ2v) is 6.15. The van der Waals surface area contributed by atoms with Gasteiger partial charge < -0.3 is 10.2 Å². The minimum absolute atomic E-state index is 0.781. The average molecular weight is 267 g/mol. The van der Waals surface area contributed by atoms with Crippen molar-refractivity contribution in [2.75, 3.05) is 25.0 Å². The molecule has 3 heteroatoms. The second kappa shape index (κ2) is 5.06. The first-order valence-electron chi connectivity index (χ1n) is 7.72. The van der Waals surface area contributed by atoms with Gasteiger partial charge in [-0.15, -0.1) is 0 Å². The SMILES string of the molecule is c1ccc2nc(NCC3CCN(C4CC4)C3)ccc2c1. The van der Waals surface area contributed by atoms with Crippen molar-refractivity contribution in [1.29, 1.82) is 0 Å². The fraction of sp³-hybridized carbons (Fsp3) is 0.471. The van der Waals surface area contributed by atoms with E-state index in [1.54, 1.807) is 0 Å². The molecular formula is C17H21N3. The van der Waals surface area contributed by atoms with Crippen LogP contribution in [-0.4, -0.2) is 35.6 Å². The van der Waals surface area contributed by atoms with E-state index in [1.807, 2.05) is 6.07 Å². The number of aromatic nitrogens is 1. The number of rotatable bonds is 4. The number of nitrogens with zero attached hydrogens (tertiary/aromatic N) is 2. The Hall–Kier alpha value is -1.61. The molecule has 4 rings (SSSR count). The highest BCUT2D eigenvalue weighted by molar-refractivity contribution is 5.80. The van der Waals surface area contributed by atoms with Crippen LogP contribution in [0.5, 0.6) is 0 Å². The van der Waals surface area contributed by atoms with Crippen molar-refractivity contribution in [3.05, 3.63) is 36.4 Å². The summed E-state index contributed by atoms with van der Waals surface area (Å²) in [6.07, 6.45) is 4.18. The van der Waals surface area contributed by atoms with E-state index in [2.05, 4.69) is 45.5 Å². The Kier molecular flexibility index (Phi) is 3.07. The molecule has 0 amide bonds. The molecule has 1 aliphatic carbocycles. The highest BCUT2D eigenvalue weighted by Gasteiger charge is 2.34. The van der Waals surface area contributed by atoms with E-state index in [-0.39, 0.29) is 0 Å². The molecule has 2 fully saturated rings. The predicted molar refractivity (Wildman–Crippen MR) is 82.9 cm³/mol. The van der Waals surface area contributed by atoms with Crippen LogP contribution in [0.3, 0.4) is 0 Å².